The van der Waals surface area contributed by atoms with Crippen molar-refractivity contribution in [2.24, 2.45) is 12.1 Å². The Bertz CT molecular complexity index is 832. The summed E-state index contributed by atoms with van der Waals surface area (Å²) in [5, 5.41) is 4.77. The molecule has 1 N–H and O–H groups in total. The Hall–Kier alpha value is -2.34. The molecule has 3 aromatic rings. The van der Waals surface area contributed by atoms with Crippen LogP contribution in [0.15, 0.2) is 56.7 Å². The molecule has 1 aromatic carbocycles. The van der Waals surface area contributed by atoms with Crippen molar-refractivity contribution in [2.75, 3.05) is 0 Å². The van der Waals surface area contributed by atoms with Crippen molar-refractivity contribution in [1.29, 1.82) is 0 Å². The molecular weight excluding hydrogens is 334 g/mol. The molecule has 0 fully saturated rings. The number of halogens is 1. The van der Waals surface area contributed by atoms with E-state index in [1.165, 1.54) is 0 Å². The van der Waals surface area contributed by atoms with E-state index in [-0.39, 0.29) is 11.7 Å². The minimum atomic E-state index is -0.380. The van der Waals surface area contributed by atoms with Gasteiger partial charge in [0.1, 0.15) is 5.58 Å². The fraction of sp³-hybridized carbons (Fsp3) is 0.0667. The summed E-state index contributed by atoms with van der Waals surface area (Å²) in [5.74, 6) is -0.150. The number of aryl methyl sites for hydroxylation is 1. The van der Waals surface area contributed by atoms with Gasteiger partial charge in [0.05, 0.1) is 6.21 Å². The Morgan fingerprint density at radius 3 is 3.00 bits per heavy atom. The molecule has 3 rings (SSSR count). The second-order valence-electron chi connectivity index (χ2n) is 4.60. The molecule has 21 heavy (non-hydrogen) atoms. The Balaban J connectivity index is 1.73. The van der Waals surface area contributed by atoms with Gasteiger partial charge < -0.3 is 8.98 Å². The SMILES string of the molecule is Cn1ccc(/C=N/NC(=O)c2cc3cc(Br)ccc3o2)c1. The molecule has 2 heterocycles. The quantitative estimate of drug-likeness (QED) is 0.584. The van der Waals surface area contributed by atoms with Gasteiger partial charge in [-0.15, -0.1) is 0 Å². The number of aromatic nitrogens is 1. The van der Waals surface area contributed by atoms with E-state index in [0.717, 1.165) is 15.4 Å². The first-order chi connectivity index (χ1) is 10.1. The van der Waals surface area contributed by atoms with E-state index in [2.05, 4.69) is 26.5 Å². The summed E-state index contributed by atoms with van der Waals surface area (Å²) in [6, 6.07) is 9.15. The molecule has 0 spiro atoms. The highest BCUT2D eigenvalue weighted by atomic mass is 79.9. The van der Waals surface area contributed by atoms with Crippen LogP contribution in [0.25, 0.3) is 11.0 Å². The smallest absolute Gasteiger partial charge is 0.307 e. The van der Waals surface area contributed by atoms with Crippen LogP contribution in [0, 0.1) is 0 Å². The predicted octanol–water partition coefficient (Wildman–Crippen LogP) is 3.30. The first-order valence-corrected chi connectivity index (χ1v) is 7.05. The van der Waals surface area contributed by atoms with Gasteiger partial charge in [-0.3, -0.25) is 4.79 Å². The lowest BCUT2D eigenvalue weighted by molar-refractivity contribution is 0.0929. The van der Waals surface area contributed by atoms with Gasteiger partial charge >= 0.3 is 5.91 Å². The number of hydrazone groups is 1. The van der Waals surface area contributed by atoms with Crippen molar-refractivity contribution in [1.82, 2.24) is 9.99 Å². The van der Waals surface area contributed by atoms with Gasteiger partial charge in [0.2, 0.25) is 0 Å². The fourth-order valence-corrected chi connectivity index (χ4v) is 2.33. The third kappa shape index (κ3) is 3.05. The highest BCUT2D eigenvalue weighted by molar-refractivity contribution is 9.10. The van der Waals surface area contributed by atoms with Crippen LogP contribution in [0.2, 0.25) is 0 Å². The van der Waals surface area contributed by atoms with Crippen molar-refractivity contribution in [3.63, 3.8) is 0 Å². The molecular formula is C15H12BrN3O2. The minimum absolute atomic E-state index is 0.230. The second-order valence-corrected chi connectivity index (χ2v) is 5.52. The van der Waals surface area contributed by atoms with Crippen LogP contribution in [0.3, 0.4) is 0 Å². The van der Waals surface area contributed by atoms with Crippen LogP contribution >= 0.6 is 15.9 Å². The zero-order chi connectivity index (χ0) is 14.8. The number of hydrogen-bond donors (Lipinski definition) is 1. The molecule has 6 heteroatoms. The number of hydrogen-bond acceptors (Lipinski definition) is 3. The molecule has 0 atom stereocenters. The molecule has 0 unspecified atom stereocenters. The van der Waals surface area contributed by atoms with Crippen LogP contribution in [0.1, 0.15) is 16.1 Å². The lowest BCUT2D eigenvalue weighted by atomic mass is 10.2. The molecule has 0 aliphatic carbocycles. The van der Waals surface area contributed by atoms with Gasteiger partial charge in [0.15, 0.2) is 5.76 Å². The molecule has 106 valence electrons. The normalized spacial score (nSPS) is 11.3. The summed E-state index contributed by atoms with van der Waals surface area (Å²) >= 11 is 3.38. The van der Waals surface area contributed by atoms with Crippen LogP contribution in [-0.4, -0.2) is 16.7 Å². The van der Waals surface area contributed by atoms with E-state index in [9.17, 15) is 4.79 Å². The van der Waals surface area contributed by atoms with Crippen LogP contribution in [0.4, 0.5) is 0 Å². The molecule has 0 bridgehead atoms. The molecule has 0 saturated heterocycles. The standard InChI is InChI=1S/C15H12BrN3O2/c1-19-5-4-10(9-19)8-17-18-15(20)14-7-11-6-12(16)2-3-13(11)21-14/h2-9H,1H3,(H,18,20)/b17-8+. The van der Waals surface area contributed by atoms with Crippen molar-refractivity contribution in [3.05, 3.63) is 58.5 Å². The van der Waals surface area contributed by atoms with Gasteiger partial charge in [0, 0.05) is 34.9 Å². The Labute approximate surface area is 129 Å². The minimum Gasteiger partial charge on any atom is -0.451 e. The predicted molar refractivity (Wildman–Crippen MR) is 84.4 cm³/mol. The maximum absolute atomic E-state index is 12.0. The topological polar surface area (TPSA) is 59.5 Å². The first kappa shape index (κ1) is 13.6. The highest BCUT2D eigenvalue weighted by Crippen LogP contribution is 2.23. The van der Waals surface area contributed by atoms with Crippen LogP contribution in [-0.2, 0) is 7.05 Å². The molecule has 1 amide bonds. The largest absolute Gasteiger partial charge is 0.451 e. The Morgan fingerprint density at radius 2 is 2.24 bits per heavy atom. The Morgan fingerprint density at radius 1 is 1.38 bits per heavy atom. The maximum Gasteiger partial charge on any atom is 0.307 e. The number of nitrogens with zero attached hydrogens (tertiary/aromatic N) is 2. The third-order valence-electron chi connectivity index (χ3n) is 2.94. The average molecular weight is 346 g/mol. The first-order valence-electron chi connectivity index (χ1n) is 6.26. The Kier molecular flexibility index (Phi) is 3.62. The van der Waals surface area contributed by atoms with Gasteiger partial charge in [-0.05, 0) is 30.3 Å². The number of nitrogens with one attached hydrogen (secondary N) is 1. The summed E-state index contributed by atoms with van der Waals surface area (Å²) in [7, 11) is 1.92. The number of carbonyl (C=O) groups is 1. The summed E-state index contributed by atoms with van der Waals surface area (Å²) in [5.41, 5.74) is 4.02. The van der Waals surface area contributed by atoms with Gasteiger partial charge in [-0.2, -0.15) is 5.10 Å². The van der Waals surface area contributed by atoms with E-state index < -0.39 is 0 Å². The van der Waals surface area contributed by atoms with Gasteiger partial charge in [0.25, 0.3) is 0 Å². The number of fused-ring (bicyclic) bond motifs is 1. The number of furan rings is 1. The molecule has 2 aromatic heterocycles. The summed E-state index contributed by atoms with van der Waals surface area (Å²) in [6.45, 7) is 0. The zero-order valence-electron chi connectivity index (χ0n) is 11.2. The van der Waals surface area contributed by atoms with Crippen molar-refractivity contribution < 1.29 is 9.21 Å². The zero-order valence-corrected chi connectivity index (χ0v) is 12.8. The van der Waals surface area contributed by atoms with Crippen LogP contribution < -0.4 is 5.43 Å². The second kappa shape index (κ2) is 5.57. The van der Waals surface area contributed by atoms with E-state index in [1.54, 1.807) is 12.3 Å². The lowest BCUT2D eigenvalue weighted by Crippen LogP contribution is -2.16. The summed E-state index contributed by atoms with van der Waals surface area (Å²) < 4.78 is 8.32. The lowest BCUT2D eigenvalue weighted by Gasteiger charge is -1.94. The summed E-state index contributed by atoms with van der Waals surface area (Å²) in [6.07, 6.45) is 5.38. The molecule has 0 radical (unpaired) electrons. The van der Waals surface area contributed by atoms with Crippen molar-refractivity contribution in [3.8, 4) is 0 Å². The number of carbonyl (C=O) groups excluding carboxylic acids is 1. The maximum atomic E-state index is 12.0. The monoisotopic (exact) mass is 345 g/mol. The highest BCUT2D eigenvalue weighted by Gasteiger charge is 2.11. The molecule has 0 aliphatic rings. The average Bonchev–Trinajstić information content (AvgIpc) is 3.04. The summed E-state index contributed by atoms with van der Waals surface area (Å²) in [4.78, 5) is 12.0. The third-order valence-corrected chi connectivity index (χ3v) is 3.43. The van der Waals surface area contributed by atoms with Gasteiger partial charge in [-0.25, -0.2) is 5.43 Å². The number of benzene rings is 1. The molecule has 0 aliphatic heterocycles. The van der Waals surface area contributed by atoms with E-state index >= 15 is 0 Å². The fourth-order valence-electron chi connectivity index (χ4n) is 1.95. The van der Waals surface area contributed by atoms with Crippen molar-refractivity contribution in [2.45, 2.75) is 0 Å². The number of amides is 1. The van der Waals surface area contributed by atoms with Crippen molar-refractivity contribution >= 4 is 39.0 Å². The van der Waals surface area contributed by atoms with E-state index in [1.807, 2.05) is 48.3 Å². The van der Waals surface area contributed by atoms with E-state index in [4.69, 9.17) is 4.42 Å². The van der Waals surface area contributed by atoms with Crippen LogP contribution in [0.5, 0.6) is 0 Å². The van der Waals surface area contributed by atoms with Gasteiger partial charge in [-0.1, -0.05) is 15.9 Å². The molecule has 5 nitrogen and oxygen atoms in total. The molecule has 0 saturated carbocycles. The number of rotatable bonds is 3. The van der Waals surface area contributed by atoms with E-state index in [0.29, 0.717) is 5.58 Å².